The maximum Gasteiger partial charge on any atom is 0.318 e. The third-order valence-corrected chi connectivity index (χ3v) is 4.76. The Balaban J connectivity index is 2.46. The first-order chi connectivity index (χ1) is 10.1. The molecule has 3 rings (SSSR count). The van der Waals surface area contributed by atoms with Crippen molar-refractivity contribution in [3.63, 3.8) is 0 Å². The summed E-state index contributed by atoms with van der Waals surface area (Å²) in [6.07, 6.45) is -3.84. The minimum Gasteiger partial charge on any atom is -0.465 e. The minimum absolute atomic E-state index is 0.175. The summed E-state index contributed by atoms with van der Waals surface area (Å²) in [6, 6.07) is 0. The highest BCUT2D eigenvalue weighted by Gasteiger charge is 2.81. The standard InChI is InChI=1S/C14H18F4O4/c1-3-21-9(19)11-5-6-12(8-13(11,15)16,10(20)22-4-2)14(17,18)7-11/h3-8H2,1-2H3. The molecule has 0 spiro atoms. The van der Waals surface area contributed by atoms with Crippen LogP contribution in [0.15, 0.2) is 0 Å². The monoisotopic (exact) mass is 326 g/mol. The van der Waals surface area contributed by atoms with Crippen LogP contribution < -0.4 is 0 Å². The molecule has 0 radical (unpaired) electrons. The van der Waals surface area contributed by atoms with Crippen LogP contribution in [0, 0.1) is 10.8 Å². The molecule has 3 aliphatic rings. The van der Waals surface area contributed by atoms with Crippen LogP contribution in [0.3, 0.4) is 0 Å². The van der Waals surface area contributed by atoms with Crippen LogP contribution >= 0.6 is 0 Å². The Labute approximate surface area is 125 Å². The van der Waals surface area contributed by atoms with Gasteiger partial charge in [-0.25, -0.2) is 17.6 Å². The van der Waals surface area contributed by atoms with E-state index in [2.05, 4.69) is 9.47 Å². The van der Waals surface area contributed by atoms with Gasteiger partial charge < -0.3 is 9.47 Å². The van der Waals surface area contributed by atoms with Gasteiger partial charge in [0.05, 0.1) is 13.2 Å². The first-order valence-electron chi connectivity index (χ1n) is 7.19. The van der Waals surface area contributed by atoms with Gasteiger partial charge in [-0.15, -0.1) is 0 Å². The fourth-order valence-electron chi connectivity index (χ4n) is 3.51. The van der Waals surface area contributed by atoms with Crippen LogP contribution in [0.25, 0.3) is 0 Å². The second-order valence-electron chi connectivity index (χ2n) is 5.87. The summed E-state index contributed by atoms with van der Waals surface area (Å²) >= 11 is 0. The summed E-state index contributed by atoms with van der Waals surface area (Å²) in [7, 11) is 0. The molecular weight excluding hydrogens is 308 g/mol. The number of fused-ring (bicyclic) bond motifs is 3. The summed E-state index contributed by atoms with van der Waals surface area (Å²) in [5.74, 6) is -10.1. The van der Waals surface area contributed by atoms with Crippen molar-refractivity contribution in [3.05, 3.63) is 0 Å². The molecular formula is C14H18F4O4. The first kappa shape index (κ1) is 17.0. The van der Waals surface area contributed by atoms with Crippen LogP contribution in [-0.2, 0) is 19.1 Å². The van der Waals surface area contributed by atoms with Crippen molar-refractivity contribution in [3.8, 4) is 0 Å². The number of ether oxygens (including phenoxy) is 2. The number of carbonyl (C=O) groups excluding carboxylic acids is 2. The summed E-state index contributed by atoms with van der Waals surface area (Å²) in [5.41, 5.74) is -5.14. The van der Waals surface area contributed by atoms with E-state index in [0.29, 0.717) is 0 Å². The van der Waals surface area contributed by atoms with Crippen molar-refractivity contribution < 1.29 is 36.6 Å². The summed E-state index contributed by atoms with van der Waals surface area (Å²) < 4.78 is 67.1. The van der Waals surface area contributed by atoms with E-state index in [9.17, 15) is 27.2 Å². The fraction of sp³-hybridized carbons (Fsp3) is 0.857. The van der Waals surface area contributed by atoms with Gasteiger partial charge in [0.2, 0.25) is 0 Å². The SMILES string of the molecule is CCOC(=O)C12CCC(C(=O)OCC)(CC1(F)F)C(F)(F)C2. The van der Waals surface area contributed by atoms with Crippen molar-refractivity contribution in [1.82, 2.24) is 0 Å². The number of alkyl halides is 4. The highest BCUT2D eigenvalue weighted by Crippen LogP contribution is 2.69. The molecule has 0 aromatic rings. The number of hydrogen-bond donors (Lipinski definition) is 0. The number of carbonyl (C=O) groups is 2. The number of rotatable bonds is 4. The molecule has 2 unspecified atom stereocenters. The molecule has 126 valence electrons. The number of hydrogen-bond acceptors (Lipinski definition) is 4. The van der Waals surface area contributed by atoms with Gasteiger partial charge in [0, 0.05) is 12.8 Å². The Morgan fingerprint density at radius 1 is 0.818 bits per heavy atom. The lowest BCUT2D eigenvalue weighted by molar-refractivity contribution is -0.303. The Bertz CT molecular complexity index is 449. The molecule has 0 aromatic heterocycles. The molecule has 0 amide bonds. The van der Waals surface area contributed by atoms with Gasteiger partial charge in [-0.05, 0) is 26.7 Å². The molecule has 2 atom stereocenters. The molecule has 3 saturated carbocycles. The zero-order valence-corrected chi connectivity index (χ0v) is 12.4. The lowest BCUT2D eigenvalue weighted by atomic mass is 9.49. The van der Waals surface area contributed by atoms with Crippen LogP contribution in [-0.4, -0.2) is 37.0 Å². The zero-order chi connectivity index (χ0) is 16.8. The number of esters is 2. The third-order valence-electron chi connectivity index (χ3n) is 4.76. The van der Waals surface area contributed by atoms with Gasteiger partial charge >= 0.3 is 11.9 Å². The number of halogens is 4. The van der Waals surface area contributed by atoms with E-state index in [4.69, 9.17) is 0 Å². The Morgan fingerprint density at radius 2 is 1.14 bits per heavy atom. The van der Waals surface area contributed by atoms with Crippen LogP contribution in [0.5, 0.6) is 0 Å². The van der Waals surface area contributed by atoms with E-state index in [1.165, 1.54) is 13.8 Å². The molecule has 0 N–H and O–H groups in total. The molecule has 2 bridgehead atoms. The Hall–Kier alpha value is -1.34. The molecule has 8 heteroatoms. The van der Waals surface area contributed by atoms with E-state index in [-0.39, 0.29) is 13.2 Å². The zero-order valence-electron chi connectivity index (χ0n) is 12.4. The van der Waals surface area contributed by atoms with E-state index in [1.807, 2.05) is 0 Å². The van der Waals surface area contributed by atoms with Gasteiger partial charge in [-0.3, -0.25) is 9.59 Å². The van der Waals surface area contributed by atoms with Gasteiger partial charge in [0.15, 0.2) is 0 Å². The highest BCUT2D eigenvalue weighted by molar-refractivity contribution is 5.84. The van der Waals surface area contributed by atoms with Gasteiger partial charge in [-0.1, -0.05) is 0 Å². The first-order valence-corrected chi connectivity index (χ1v) is 7.19. The molecule has 4 nitrogen and oxygen atoms in total. The maximum absolute atomic E-state index is 14.5. The van der Waals surface area contributed by atoms with E-state index in [0.717, 1.165) is 0 Å². The van der Waals surface area contributed by atoms with Crippen LogP contribution in [0.1, 0.15) is 39.5 Å². The molecule has 3 aliphatic carbocycles. The van der Waals surface area contributed by atoms with Gasteiger partial charge in [0.1, 0.15) is 10.8 Å². The molecule has 0 heterocycles. The fourth-order valence-corrected chi connectivity index (χ4v) is 3.51. The average molecular weight is 326 g/mol. The van der Waals surface area contributed by atoms with Crippen LogP contribution in [0.4, 0.5) is 17.6 Å². The van der Waals surface area contributed by atoms with Crippen molar-refractivity contribution in [2.45, 2.75) is 51.4 Å². The molecule has 22 heavy (non-hydrogen) atoms. The van der Waals surface area contributed by atoms with Crippen molar-refractivity contribution in [1.29, 1.82) is 0 Å². The maximum atomic E-state index is 14.5. The molecule has 3 fully saturated rings. The molecule has 0 aromatic carbocycles. The summed E-state index contributed by atoms with van der Waals surface area (Å²) in [6.45, 7) is 2.48. The topological polar surface area (TPSA) is 52.6 Å². The highest BCUT2D eigenvalue weighted by atomic mass is 19.3. The predicted molar refractivity (Wildman–Crippen MR) is 66.5 cm³/mol. The van der Waals surface area contributed by atoms with Gasteiger partial charge in [-0.2, -0.15) is 0 Å². The normalized spacial score (nSPS) is 35.0. The van der Waals surface area contributed by atoms with Crippen LogP contribution in [0.2, 0.25) is 0 Å². The second-order valence-corrected chi connectivity index (χ2v) is 5.87. The average Bonchev–Trinajstić information content (AvgIpc) is 2.39. The van der Waals surface area contributed by atoms with E-state index >= 15 is 0 Å². The lowest BCUT2D eigenvalue weighted by Gasteiger charge is -2.57. The Kier molecular flexibility index (Phi) is 3.94. The second kappa shape index (κ2) is 5.09. The smallest absolute Gasteiger partial charge is 0.318 e. The van der Waals surface area contributed by atoms with E-state index in [1.54, 1.807) is 0 Å². The molecule has 0 aliphatic heterocycles. The predicted octanol–water partition coefficient (Wildman–Crippen LogP) is 2.94. The van der Waals surface area contributed by atoms with E-state index < -0.39 is 60.3 Å². The largest absolute Gasteiger partial charge is 0.465 e. The van der Waals surface area contributed by atoms with Gasteiger partial charge in [0.25, 0.3) is 11.8 Å². The van der Waals surface area contributed by atoms with Crippen molar-refractivity contribution >= 4 is 11.9 Å². The lowest BCUT2D eigenvalue weighted by Crippen LogP contribution is -2.69. The minimum atomic E-state index is -3.74. The van der Waals surface area contributed by atoms with Crippen molar-refractivity contribution in [2.75, 3.05) is 13.2 Å². The third kappa shape index (κ3) is 2.02. The van der Waals surface area contributed by atoms with Crippen molar-refractivity contribution in [2.24, 2.45) is 10.8 Å². The molecule has 0 saturated heterocycles. The quantitative estimate of drug-likeness (QED) is 0.589. The Morgan fingerprint density at radius 3 is 1.36 bits per heavy atom. The summed E-state index contributed by atoms with van der Waals surface area (Å²) in [5, 5.41) is 0. The summed E-state index contributed by atoms with van der Waals surface area (Å²) in [4.78, 5) is 23.9.